The summed E-state index contributed by atoms with van der Waals surface area (Å²) in [4.78, 5) is 14.1. The van der Waals surface area contributed by atoms with Gasteiger partial charge in [-0.2, -0.15) is 24.5 Å². The Morgan fingerprint density at radius 3 is 2.65 bits per heavy atom. The van der Waals surface area contributed by atoms with Gasteiger partial charge >= 0.3 is 12.2 Å². The van der Waals surface area contributed by atoms with Gasteiger partial charge in [-0.3, -0.25) is 4.90 Å². The number of hydrogen-bond donors (Lipinski definition) is 1. The molecule has 1 unspecified atom stereocenters. The van der Waals surface area contributed by atoms with Crippen molar-refractivity contribution in [3.63, 3.8) is 0 Å². The third-order valence-corrected chi connectivity index (χ3v) is 4.15. The summed E-state index contributed by atoms with van der Waals surface area (Å²) in [7, 11) is 0. The van der Waals surface area contributed by atoms with E-state index in [2.05, 4.69) is 5.32 Å². The van der Waals surface area contributed by atoms with Crippen molar-refractivity contribution in [1.29, 1.82) is 0 Å². The summed E-state index contributed by atoms with van der Waals surface area (Å²) < 4.78 is 38.2. The Balaban J connectivity index is 2.22. The summed E-state index contributed by atoms with van der Waals surface area (Å²) in [5.41, 5.74) is 0.0584. The highest BCUT2D eigenvalue weighted by molar-refractivity contribution is 7.08. The molecule has 0 spiro atoms. The molecule has 1 heterocycles. The maximum Gasteiger partial charge on any atom is 0.416 e. The number of halogens is 3. The van der Waals surface area contributed by atoms with Crippen LogP contribution >= 0.6 is 11.3 Å². The average molecular weight is 342 g/mol. The second-order valence-electron chi connectivity index (χ2n) is 5.12. The maximum atomic E-state index is 12.7. The first-order valence-corrected chi connectivity index (χ1v) is 8.07. The number of anilines is 2. The molecule has 0 fully saturated rings. The number of benzene rings is 1. The van der Waals surface area contributed by atoms with Crippen LogP contribution in [-0.2, 0) is 6.18 Å². The Hall–Kier alpha value is -2.02. The lowest BCUT2D eigenvalue weighted by Gasteiger charge is -2.28. The number of amides is 2. The molecule has 0 bridgehead atoms. The third kappa shape index (κ3) is 4.25. The number of urea groups is 1. The second kappa shape index (κ2) is 7.04. The number of rotatable bonds is 4. The molecule has 0 aliphatic rings. The summed E-state index contributed by atoms with van der Waals surface area (Å²) in [6, 6.07) is 5.91. The highest BCUT2D eigenvalue weighted by Gasteiger charge is 2.30. The van der Waals surface area contributed by atoms with Gasteiger partial charge in [0.1, 0.15) is 0 Å². The van der Waals surface area contributed by atoms with Crippen molar-refractivity contribution in [2.24, 2.45) is 0 Å². The monoisotopic (exact) mass is 342 g/mol. The Bertz CT molecular complexity index is 656. The molecule has 3 nitrogen and oxygen atoms in total. The van der Waals surface area contributed by atoms with Gasteiger partial charge in [-0.1, -0.05) is 13.0 Å². The van der Waals surface area contributed by atoms with E-state index in [1.54, 1.807) is 4.90 Å². The zero-order chi connectivity index (χ0) is 17.0. The predicted octanol–water partition coefficient (Wildman–Crippen LogP) is 5.60. The molecule has 0 aliphatic carbocycles. The van der Waals surface area contributed by atoms with E-state index in [-0.39, 0.29) is 11.7 Å². The van der Waals surface area contributed by atoms with Gasteiger partial charge in [-0.05, 0) is 43.0 Å². The lowest BCUT2D eigenvalue weighted by molar-refractivity contribution is -0.137. The molecule has 2 aromatic rings. The van der Waals surface area contributed by atoms with E-state index in [9.17, 15) is 18.0 Å². The van der Waals surface area contributed by atoms with Crippen LogP contribution < -0.4 is 10.2 Å². The lowest BCUT2D eigenvalue weighted by Crippen LogP contribution is -2.41. The quantitative estimate of drug-likeness (QED) is 0.770. The number of thiophene rings is 1. The molecule has 0 aliphatic heterocycles. The van der Waals surface area contributed by atoms with Crippen molar-refractivity contribution >= 4 is 28.7 Å². The van der Waals surface area contributed by atoms with Crippen molar-refractivity contribution in [3.05, 3.63) is 46.7 Å². The number of nitrogens with zero attached hydrogens (tertiary/aromatic N) is 1. The molecule has 2 amide bonds. The Morgan fingerprint density at radius 2 is 2.09 bits per heavy atom. The topological polar surface area (TPSA) is 32.3 Å². The smallest absolute Gasteiger partial charge is 0.308 e. The second-order valence-corrected chi connectivity index (χ2v) is 5.90. The summed E-state index contributed by atoms with van der Waals surface area (Å²) in [6.45, 7) is 3.84. The SMILES string of the molecule is CCC(C)N(C(=O)Nc1cccc(C(F)(F)F)c1)c1ccsc1. The Labute approximate surface area is 136 Å². The fraction of sp³-hybridized carbons (Fsp3) is 0.312. The van der Waals surface area contributed by atoms with E-state index in [1.807, 2.05) is 30.7 Å². The largest absolute Gasteiger partial charge is 0.416 e. The first kappa shape index (κ1) is 17.3. The fourth-order valence-electron chi connectivity index (χ4n) is 2.11. The van der Waals surface area contributed by atoms with Crippen LogP contribution in [0.25, 0.3) is 0 Å². The molecule has 0 radical (unpaired) electrons. The molecule has 124 valence electrons. The first-order valence-electron chi connectivity index (χ1n) is 7.12. The number of carbonyl (C=O) groups is 1. The van der Waals surface area contributed by atoms with Gasteiger partial charge in [-0.25, -0.2) is 4.79 Å². The number of alkyl halides is 3. The lowest BCUT2D eigenvalue weighted by atomic mass is 10.2. The molecule has 1 aromatic heterocycles. The van der Waals surface area contributed by atoms with Gasteiger partial charge in [0, 0.05) is 17.1 Å². The Kier molecular flexibility index (Phi) is 5.30. The van der Waals surface area contributed by atoms with E-state index in [0.717, 1.165) is 24.2 Å². The van der Waals surface area contributed by atoms with Crippen LogP contribution in [0.5, 0.6) is 0 Å². The minimum atomic E-state index is -4.44. The molecule has 1 N–H and O–H groups in total. The van der Waals surface area contributed by atoms with Gasteiger partial charge in [-0.15, -0.1) is 0 Å². The van der Waals surface area contributed by atoms with Crippen LogP contribution in [0.15, 0.2) is 41.1 Å². The normalized spacial score (nSPS) is 12.7. The van der Waals surface area contributed by atoms with Crippen LogP contribution in [0, 0.1) is 0 Å². The molecule has 0 saturated carbocycles. The van der Waals surface area contributed by atoms with E-state index < -0.39 is 17.8 Å². The van der Waals surface area contributed by atoms with Crippen molar-refractivity contribution in [2.45, 2.75) is 32.5 Å². The zero-order valence-electron chi connectivity index (χ0n) is 12.7. The van der Waals surface area contributed by atoms with E-state index in [1.165, 1.54) is 23.5 Å². The fourth-order valence-corrected chi connectivity index (χ4v) is 2.73. The van der Waals surface area contributed by atoms with Gasteiger partial charge in [0.25, 0.3) is 0 Å². The van der Waals surface area contributed by atoms with Gasteiger partial charge in [0.15, 0.2) is 0 Å². The zero-order valence-corrected chi connectivity index (χ0v) is 13.5. The number of hydrogen-bond acceptors (Lipinski definition) is 2. The van der Waals surface area contributed by atoms with Crippen molar-refractivity contribution in [3.8, 4) is 0 Å². The highest BCUT2D eigenvalue weighted by Crippen LogP contribution is 2.31. The molecule has 7 heteroatoms. The predicted molar refractivity (Wildman–Crippen MR) is 87.0 cm³/mol. The Morgan fingerprint density at radius 1 is 1.35 bits per heavy atom. The van der Waals surface area contributed by atoms with E-state index in [4.69, 9.17) is 0 Å². The van der Waals surface area contributed by atoms with Gasteiger partial charge < -0.3 is 5.32 Å². The molecular formula is C16H17F3N2OS. The minimum absolute atomic E-state index is 0.0737. The molecule has 1 atom stereocenters. The van der Waals surface area contributed by atoms with Crippen LogP contribution in [0.4, 0.5) is 29.3 Å². The molecular weight excluding hydrogens is 325 g/mol. The number of nitrogens with one attached hydrogen (secondary N) is 1. The maximum absolute atomic E-state index is 12.7. The molecule has 2 rings (SSSR count). The summed E-state index contributed by atoms with van der Waals surface area (Å²) >= 11 is 1.45. The van der Waals surface area contributed by atoms with Crippen molar-refractivity contribution in [2.75, 3.05) is 10.2 Å². The average Bonchev–Trinajstić information content (AvgIpc) is 3.00. The van der Waals surface area contributed by atoms with Gasteiger partial charge in [0.05, 0.1) is 11.3 Å². The van der Waals surface area contributed by atoms with Crippen LogP contribution in [0.1, 0.15) is 25.8 Å². The summed E-state index contributed by atoms with van der Waals surface area (Å²) in [5, 5.41) is 6.23. The molecule has 1 aromatic carbocycles. The standard InChI is InChI=1S/C16H17F3N2OS/c1-3-11(2)21(14-7-8-23-10-14)15(22)20-13-6-4-5-12(9-13)16(17,18)19/h4-11H,3H2,1-2H3,(H,20,22). The minimum Gasteiger partial charge on any atom is -0.308 e. The number of carbonyl (C=O) groups excluding carboxylic acids is 1. The van der Waals surface area contributed by atoms with Crippen molar-refractivity contribution < 1.29 is 18.0 Å². The van der Waals surface area contributed by atoms with Crippen LogP contribution in [-0.4, -0.2) is 12.1 Å². The van der Waals surface area contributed by atoms with E-state index >= 15 is 0 Å². The van der Waals surface area contributed by atoms with Crippen LogP contribution in [0.3, 0.4) is 0 Å². The van der Waals surface area contributed by atoms with E-state index in [0.29, 0.717) is 0 Å². The molecule has 0 saturated heterocycles. The van der Waals surface area contributed by atoms with Crippen LogP contribution in [0.2, 0.25) is 0 Å². The van der Waals surface area contributed by atoms with Crippen molar-refractivity contribution in [1.82, 2.24) is 0 Å². The summed E-state index contributed by atoms with van der Waals surface area (Å²) in [5.74, 6) is 0. The summed E-state index contributed by atoms with van der Waals surface area (Å²) in [6.07, 6.45) is -3.71. The first-order chi connectivity index (χ1) is 10.8. The molecule has 23 heavy (non-hydrogen) atoms. The third-order valence-electron chi connectivity index (χ3n) is 3.48. The highest BCUT2D eigenvalue weighted by atomic mass is 32.1. The van der Waals surface area contributed by atoms with Gasteiger partial charge in [0.2, 0.25) is 0 Å².